The van der Waals surface area contributed by atoms with Crippen molar-refractivity contribution in [2.24, 2.45) is 0 Å². The highest BCUT2D eigenvalue weighted by molar-refractivity contribution is 5.63. The molecule has 0 spiro atoms. The van der Waals surface area contributed by atoms with Crippen molar-refractivity contribution in [2.45, 2.75) is 19.4 Å². The standard InChI is InChI=1S/C13H13FN2O/c1-16-13-7-9-5-11(3-2-4-15)17-8-10(9)6-12(13)14/h5-7,16H,2-3,8H2,1H3. The molecular weight excluding hydrogens is 219 g/mol. The van der Waals surface area contributed by atoms with Crippen LogP contribution in [0.4, 0.5) is 10.1 Å². The second-order valence-electron chi connectivity index (χ2n) is 3.84. The molecule has 1 aromatic carbocycles. The van der Waals surface area contributed by atoms with Crippen LogP contribution in [-0.4, -0.2) is 7.05 Å². The maximum atomic E-state index is 13.5. The van der Waals surface area contributed by atoms with E-state index >= 15 is 0 Å². The highest BCUT2D eigenvalue weighted by Crippen LogP contribution is 2.28. The van der Waals surface area contributed by atoms with Gasteiger partial charge in [0.05, 0.1) is 17.5 Å². The van der Waals surface area contributed by atoms with Crippen molar-refractivity contribution in [1.29, 1.82) is 5.26 Å². The summed E-state index contributed by atoms with van der Waals surface area (Å²) in [6.45, 7) is 0.369. The van der Waals surface area contributed by atoms with E-state index in [9.17, 15) is 4.39 Å². The SMILES string of the molecule is CNc1cc2c(cc1F)COC(CCC#N)=C2. The minimum Gasteiger partial charge on any atom is -0.493 e. The first-order valence-electron chi connectivity index (χ1n) is 5.45. The van der Waals surface area contributed by atoms with E-state index < -0.39 is 0 Å². The predicted octanol–water partition coefficient (Wildman–Crippen LogP) is 3.04. The largest absolute Gasteiger partial charge is 0.493 e. The molecule has 1 aliphatic rings. The van der Waals surface area contributed by atoms with Gasteiger partial charge in [-0.15, -0.1) is 0 Å². The number of rotatable bonds is 3. The van der Waals surface area contributed by atoms with Gasteiger partial charge in [-0.2, -0.15) is 5.26 Å². The van der Waals surface area contributed by atoms with Gasteiger partial charge in [0.15, 0.2) is 0 Å². The van der Waals surface area contributed by atoms with Gasteiger partial charge in [0, 0.05) is 19.9 Å². The van der Waals surface area contributed by atoms with Gasteiger partial charge in [-0.25, -0.2) is 4.39 Å². The van der Waals surface area contributed by atoms with Gasteiger partial charge in [-0.05, 0) is 29.3 Å². The Kier molecular flexibility index (Phi) is 3.29. The number of halogens is 1. The molecule has 0 unspecified atom stereocenters. The van der Waals surface area contributed by atoms with E-state index in [1.54, 1.807) is 13.1 Å². The predicted molar refractivity (Wildman–Crippen MR) is 63.6 cm³/mol. The minimum absolute atomic E-state index is 0.274. The maximum absolute atomic E-state index is 13.5. The number of hydrogen-bond donors (Lipinski definition) is 1. The molecule has 4 heteroatoms. The van der Waals surface area contributed by atoms with Gasteiger partial charge in [0.1, 0.15) is 12.4 Å². The molecule has 0 radical (unpaired) electrons. The lowest BCUT2D eigenvalue weighted by Gasteiger charge is -2.18. The summed E-state index contributed by atoms with van der Waals surface area (Å²) in [5, 5.41) is 11.3. The minimum atomic E-state index is -0.274. The molecule has 1 N–H and O–H groups in total. The lowest BCUT2D eigenvalue weighted by molar-refractivity contribution is 0.188. The van der Waals surface area contributed by atoms with Crippen molar-refractivity contribution in [2.75, 3.05) is 12.4 Å². The lowest BCUT2D eigenvalue weighted by atomic mass is 10.0. The van der Waals surface area contributed by atoms with E-state index in [1.807, 2.05) is 6.08 Å². The van der Waals surface area contributed by atoms with Crippen LogP contribution in [0.2, 0.25) is 0 Å². The Morgan fingerprint density at radius 1 is 1.53 bits per heavy atom. The summed E-state index contributed by atoms with van der Waals surface area (Å²) < 4.78 is 19.0. The summed E-state index contributed by atoms with van der Waals surface area (Å²) in [5.74, 6) is 0.511. The Morgan fingerprint density at radius 2 is 2.35 bits per heavy atom. The van der Waals surface area contributed by atoms with Gasteiger partial charge >= 0.3 is 0 Å². The summed E-state index contributed by atoms with van der Waals surface area (Å²) in [5.41, 5.74) is 2.26. The van der Waals surface area contributed by atoms with Crippen LogP contribution in [0.1, 0.15) is 24.0 Å². The molecule has 0 saturated heterocycles. The van der Waals surface area contributed by atoms with Crippen molar-refractivity contribution >= 4 is 11.8 Å². The Bertz CT molecular complexity index is 503. The fourth-order valence-corrected chi connectivity index (χ4v) is 1.79. The molecule has 0 aromatic heterocycles. The molecule has 0 fully saturated rings. The number of hydrogen-bond acceptors (Lipinski definition) is 3. The van der Waals surface area contributed by atoms with Crippen LogP contribution in [0, 0.1) is 17.1 Å². The third kappa shape index (κ3) is 2.39. The number of nitriles is 1. The van der Waals surface area contributed by atoms with Crippen molar-refractivity contribution in [3.63, 3.8) is 0 Å². The van der Waals surface area contributed by atoms with E-state index in [4.69, 9.17) is 10.00 Å². The number of allylic oxidation sites excluding steroid dienone is 1. The Labute approximate surface area is 99.5 Å². The average molecular weight is 232 g/mol. The van der Waals surface area contributed by atoms with Crippen LogP contribution in [0.5, 0.6) is 0 Å². The van der Waals surface area contributed by atoms with E-state index in [2.05, 4.69) is 11.4 Å². The zero-order valence-electron chi connectivity index (χ0n) is 9.59. The number of ether oxygens (including phenoxy) is 1. The fraction of sp³-hybridized carbons (Fsp3) is 0.308. The smallest absolute Gasteiger partial charge is 0.146 e. The van der Waals surface area contributed by atoms with Crippen LogP contribution in [-0.2, 0) is 11.3 Å². The van der Waals surface area contributed by atoms with Crippen molar-refractivity contribution < 1.29 is 9.13 Å². The third-order valence-corrected chi connectivity index (χ3v) is 2.71. The Morgan fingerprint density at radius 3 is 3.06 bits per heavy atom. The van der Waals surface area contributed by atoms with Crippen LogP contribution in [0.3, 0.4) is 0 Å². The first-order chi connectivity index (χ1) is 8.24. The zero-order valence-corrected chi connectivity index (χ0v) is 9.59. The first kappa shape index (κ1) is 11.5. The monoisotopic (exact) mass is 232 g/mol. The topological polar surface area (TPSA) is 45.0 Å². The molecule has 88 valence electrons. The van der Waals surface area contributed by atoms with E-state index in [0.29, 0.717) is 25.1 Å². The molecular formula is C13H13FN2O. The zero-order chi connectivity index (χ0) is 12.3. The Hall–Kier alpha value is -2.02. The van der Waals surface area contributed by atoms with E-state index in [-0.39, 0.29) is 5.82 Å². The van der Waals surface area contributed by atoms with Gasteiger partial charge in [-0.3, -0.25) is 0 Å². The third-order valence-electron chi connectivity index (χ3n) is 2.71. The van der Waals surface area contributed by atoms with Crippen LogP contribution >= 0.6 is 0 Å². The highest BCUT2D eigenvalue weighted by Gasteiger charge is 2.14. The molecule has 3 nitrogen and oxygen atoms in total. The quantitative estimate of drug-likeness (QED) is 0.871. The summed E-state index contributed by atoms with van der Waals surface area (Å²) in [6.07, 6.45) is 2.90. The van der Waals surface area contributed by atoms with E-state index in [1.165, 1.54) is 6.07 Å². The molecule has 0 bridgehead atoms. The van der Waals surface area contributed by atoms with Crippen LogP contribution in [0.25, 0.3) is 6.08 Å². The highest BCUT2D eigenvalue weighted by atomic mass is 19.1. The van der Waals surface area contributed by atoms with Crippen molar-refractivity contribution in [3.05, 3.63) is 34.8 Å². The molecule has 1 heterocycles. The number of nitrogens with zero attached hydrogens (tertiary/aromatic N) is 1. The van der Waals surface area contributed by atoms with Crippen molar-refractivity contribution in [1.82, 2.24) is 0 Å². The van der Waals surface area contributed by atoms with Gasteiger partial charge in [0.25, 0.3) is 0 Å². The molecule has 17 heavy (non-hydrogen) atoms. The normalized spacial score (nSPS) is 13.1. The van der Waals surface area contributed by atoms with Crippen molar-refractivity contribution in [3.8, 4) is 6.07 Å². The molecule has 0 atom stereocenters. The molecule has 1 aromatic rings. The van der Waals surface area contributed by atoms with Crippen LogP contribution in [0.15, 0.2) is 17.9 Å². The summed E-state index contributed by atoms with van der Waals surface area (Å²) in [7, 11) is 1.68. The summed E-state index contributed by atoms with van der Waals surface area (Å²) in [6, 6.07) is 5.33. The number of benzene rings is 1. The second kappa shape index (κ2) is 4.88. The van der Waals surface area contributed by atoms with Gasteiger partial charge in [-0.1, -0.05) is 0 Å². The van der Waals surface area contributed by atoms with Gasteiger partial charge < -0.3 is 10.1 Å². The fourth-order valence-electron chi connectivity index (χ4n) is 1.79. The lowest BCUT2D eigenvalue weighted by Crippen LogP contribution is -2.05. The maximum Gasteiger partial charge on any atom is 0.146 e. The molecule has 0 amide bonds. The Balaban J connectivity index is 2.31. The molecule has 0 aliphatic carbocycles. The summed E-state index contributed by atoms with van der Waals surface area (Å²) >= 11 is 0. The second-order valence-corrected chi connectivity index (χ2v) is 3.84. The first-order valence-corrected chi connectivity index (χ1v) is 5.45. The molecule has 2 rings (SSSR count). The molecule has 1 aliphatic heterocycles. The number of nitrogens with one attached hydrogen (secondary N) is 1. The van der Waals surface area contributed by atoms with Crippen LogP contribution < -0.4 is 5.32 Å². The van der Waals surface area contributed by atoms with E-state index in [0.717, 1.165) is 16.9 Å². The number of anilines is 1. The summed E-state index contributed by atoms with van der Waals surface area (Å²) in [4.78, 5) is 0. The molecule has 0 saturated carbocycles. The van der Waals surface area contributed by atoms with Gasteiger partial charge in [0.2, 0.25) is 0 Å². The number of fused-ring (bicyclic) bond motifs is 1. The average Bonchev–Trinajstić information content (AvgIpc) is 2.35.